The van der Waals surface area contributed by atoms with Crippen molar-refractivity contribution in [2.75, 3.05) is 0 Å². The van der Waals surface area contributed by atoms with Gasteiger partial charge in [0.25, 0.3) is 5.79 Å². The number of aliphatic hydroxyl groups excluding tert-OH is 2. The Morgan fingerprint density at radius 1 is 1.56 bits per heavy atom. The van der Waals surface area contributed by atoms with Crippen LogP contribution in [-0.2, 0) is 14.3 Å². The smallest absolute Gasteiger partial charge is 0.277 e. The van der Waals surface area contributed by atoms with Crippen LogP contribution in [0.3, 0.4) is 0 Å². The van der Waals surface area contributed by atoms with Crippen LogP contribution in [0.2, 0.25) is 0 Å². The average molecular weight is 226 g/mol. The summed E-state index contributed by atoms with van der Waals surface area (Å²) in [5, 5.41) is 20.2. The molecule has 16 heavy (non-hydrogen) atoms. The number of aliphatic hydroxyl groups is 2. The number of hydrogen-bond donors (Lipinski definition) is 2. The molecule has 3 aliphatic rings. The molecular formula is C11H14O5. The lowest BCUT2D eigenvalue weighted by Gasteiger charge is -2.37. The van der Waals surface area contributed by atoms with E-state index >= 15 is 0 Å². The zero-order chi connectivity index (χ0) is 11.6. The van der Waals surface area contributed by atoms with Crippen molar-refractivity contribution in [2.45, 2.75) is 43.4 Å². The van der Waals surface area contributed by atoms with Gasteiger partial charge in [-0.25, -0.2) is 0 Å². The highest BCUT2D eigenvalue weighted by Gasteiger charge is 2.86. The van der Waals surface area contributed by atoms with Gasteiger partial charge in [0, 0.05) is 6.08 Å². The van der Waals surface area contributed by atoms with Gasteiger partial charge >= 0.3 is 0 Å². The van der Waals surface area contributed by atoms with Crippen LogP contribution in [0.5, 0.6) is 0 Å². The molecule has 2 aliphatic heterocycles. The van der Waals surface area contributed by atoms with Crippen molar-refractivity contribution in [1.82, 2.24) is 0 Å². The average Bonchev–Trinajstić information content (AvgIpc) is 2.98. The lowest BCUT2D eigenvalue weighted by Crippen LogP contribution is -2.58. The summed E-state index contributed by atoms with van der Waals surface area (Å²) in [4.78, 5) is 11.8. The number of epoxide rings is 1. The number of rotatable bonds is 1. The second-order valence-corrected chi connectivity index (χ2v) is 4.65. The van der Waals surface area contributed by atoms with Gasteiger partial charge in [0.2, 0.25) is 5.60 Å². The van der Waals surface area contributed by atoms with E-state index in [1.165, 1.54) is 12.3 Å². The van der Waals surface area contributed by atoms with Crippen LogP contribution in [0, 0.1) is 5.92 Å². The van der Waals surface area contributed by atoms with Crippen molar-refractivity contribution < 1.29 is 24.5 Å². The van der Waals surface area contributed by atoms with Gasteiger partial charge in [-0.15, -0.1) is 0 Å². The Bertz CT molecular complexity index is 379. The Kier molecular flexibility index (Phi) is 1.83. The van der Waals surface area contributed by atoms with Gasteiger partial charge in [-0.2, -0.15) is 0 Å². The monoisotopic (exact) mass is 226 g/mol. The molecule has 3 rings (SSSR count). The summed E-state index contributed by atoms with van der Waals surface area (Å²) in [6, 6.07) is 0. The third-order valence-corrected chi connectivity index (χ3v) is 3.97. The fourth-order valence-electron chi connectivity index (χ4n) is 2.96. The fraction of sp³-hybridized carbons (Fsp3) is 0.727. The van der Waals surface area contributed by atoms with Gasteiger partial charge in [0.05, 0.1) is 12.4 Å². The van der Waals surface area contributed by atoms with E-state index in [9.17, 15) is 15.0 Å². The maximum Gasteiger partial charge on any atom is 0.277 e. The second-order valence-electron chi connectivity index (χ2n) is 4.65. The number of carbonyl (C=O) groups excluding carboxylic acids is 1. The summed E-state index contributed by atoms with van der Waals surface area (Å²) in [6.07, 6.45) is 1.78. The van der Waals surface area contributed by atoms with Crippen LogP contribution in [0.1, 0.15) is 19.8 Å². The Balaban J connectivity index is 2.03. The molecule has 5 heteroatoms. The highest BCUT2D eigenvalue weighted by atomic mass is 16.8. The summed E-state index contributed by atoms with van der Waals surface area (Å²) < 4.78 is 10.6. The molecule has 2 N–H and O–H groups in total. The Morgan fingerprint density at radius 3 is 3.00 bits per heavy atom. The largest absolute Gasteiger partial charge is 0.463 e. The van der Waals surface area contributed by atoms with E-state index < -0.39 is 23.6 Å². The van der Waals surface area contributed by atoms with Crippen molar-refractivity contribution in [1.29, 1.82) is 0 Å². The van der Waals surface area contributed by atoms with E-state index in [-0.39, 0.29) is 11.7 Å². The zero-order valence-corrected chi connectivity index (χ0v) is 8.92. The highest BCUT2D eigenvalue weighted by Crippen LogP contribution is 2.62. The van der Waals surface area contributed by atoms with Crippen molar-refractivity contribution in [3.05, 3.63) is 12.3 Å². The molecule has 0 aromatic rings. The first-order chi connectivity index (χ1) is 7.58. The third kappa shape index (κ3) is 0.863. The molecule has 1 saturated carbocycles. The minimum Gasteiger partial charge on any atom is -0.463 e. The Morgan fingerprint density at radius 2 is 2.31 bits per heavy atom. The third-order valence-electron chi connectivity index (χ3n) is 3.97. The first-order valence-electron chi connectivity index (χ1n) is 5.53. The van der Waals surface area contributed by atoms with Crippen molar-refractivity contribution in [2.24, 2.45) is 5.92 Å². The van der Waals surface area contributed by atoms with Gasteiger partial charge in [-0.1, -0.05) is 13.3 Å². The maximum absolute atomic E-state index is 11.8. The highest BCUT2D eigenvalue weighted by molar-refractivity contribution is 6.02. The Labute approximate surface area is 92.7 Å². The Hall–Kier alpha value is -0.910. The van der Waals surface area contributed by atoms with Crippen molar-refractivity contribution >= 4 is 5.78 Å². The molecule has 0 amide bonds. The number of ether oxygens (including phenoxy) is 2. The van der Waals surface area contributed by atoms with E-state index in [1.807, 2.05) is 6.92 Å². The molecule has 0 bridgehead atoms. The lowest BCUT2D eigenvalue weighted by atomic mass is 9.72. The molecule has 1 saturated heterocycles. The molecule has 1 aliphatic carbocycles. The maximum atomic E-state index is 11.8. The molecule has 0 aromatic carbocycles. The van der Waals surface area contributed by atoms with E-state index in [0.717, 1.165) is 0 Å². The molecule has 0 aromatic heterocycles. The van der Waals surface area contributed by atoms with Gasteiger partial charge in [-0.3, -0.25) is 4.79 Å². The fourth-order valence-corrected chi connectivity index (χ4v) is 2.96. The first-order valence-corrected chi connectivity index (χ1v) is 5.53. The van der Waals surface area contributed by atoms with Crippen molar-refractivity contribution in [3.8, 4) is 0 Å². The summed E-state index contributed by atoms with van der Waals surface area (Å²) in [5.74, 6) is -1.76. The molecule has 5 nitrogen and oxygen atoms in total. The van der Waals surface area contributed by atoms with Crippen molar-refractivity contribution in [3.63, 3.8) is 0 Å². The van der Waals surface area contributed by atoms with Crippen LogP contribution in [0.4, 0.5) is 0 Å². The van der Waals surface area contributed by atoms with Gasteiger partial charge in [0.15, 0.2) is 5.78 Å². The van der Waals surface area contributed by atoms with E-state index in [4.69, 9.17) is 9.47 Å². The second kappa shape index (κ2) is 2.85. The minimum absolute atomic E-state index is 0.107. The molecule has 2 fully saturated rings. The number of carbonyl (C=O) groups is 1. The van der Waals surface area contributed by atoms with E-state index in [2.05, 4.69) is 0 Å². The van der Waals surface area contributed by atoms with Gasteiger partial charge in [0.1, 0.15) is 6.10 Å². The summed E-state index contributed by atoms with van der Waals surface area (Å²) in [6.45, 7) is 1.92. The minimum atomic E-state index is -1.35. The molecule has 5 unspecified atom stereocenters. The zero-order valence-electron chi connectivity index (χ0n) is 8.92. The van der Waals surface area contributed by atoms with Crippen LogP contribution in [-0.4, -0.2) is 39.6 Å². The SMILES string of the molecule is CCC1CC(O)C23OC2(OC=CC3=O)C1O. The first kappa shape index (κ1) is 10.3. The molecule has 0 radical (unpaired) electrons. The number of ketones is 1. The predicted molar refractivity (Wildman–Crippen MR) is 52.2 cm³/mol. The van der Waals surface area contributed by atoms with Crippen LogP contribution >= 0.6 is 0 Å². The summed E-state index contributed by atoms with van der Waals surface area (Å²) in [7, 11) is 0. The molecule has 0 spiro atoms. The van der Waals surface area contributed by atoms with E-state index in [1.54, 1.807) is 0 Å². The number of hydrogen-bond acceptors (Lipinski definition) is 5. The lowest BCUT2D eigenvalue weighted by molar-refractivity contribution is -0.144. The quantitative estimate of drug-likeness (QED) is 0.601. The van der Waals surface area contributed by atoms with Gasteiger partial charge < -0.3 is 19.7 Å². The normalized spacial score (nSPS) is 53.9. The molecular weight excluding hydrogens is 212 g/mol. The molecule has 88 valence electrons. The van der Waals surface area contributed by atoms with Gasteiger partial charge in [-0.05, 0) is 12.3 Å². The van der Waals surface area contributed by atoms with Crippen LogP contribution in [0.15, 0.2) is 12.3 Å². The molecule has 2 heterocycles. The topological polar surface area (TPSA) is 79.3 Å². The van der Waals surface area contributed by atoms with E-state index in [0.29, 0.717) is 12.8 Å². The summed E-state index contributed by atoms with van der Waals surface area (Å²) >= 11 is 0. The van der Waals surface area contributed by atoms with Crippen LogP contribution < -0.4 is 0 Å². The predicted octanol–water partition coefficient (Wildman–Crippen LogP) is -0.284. The van der Waals surface area contributed by atoms with Crippen LogP contribution in [0.25, 0.3) is 0 Å². The molecule has 5 atom stereocenters. The standard InChI is InChI=1S/C11H14O5/c1-2-6-5-8(13)10-7(12)3-4-15-11(10,16-10)9(6)14/h3-4,6,8-9,13-14H,2,5H2,1H3. The summed E-state index contributed by atoms with van der Waals surface area (Å²) in [5.41, 5.74) is -1.35.